The molecule has 2 heterocycles. The zero-order valence-electron chi connectivity index (χ0n) is 17.2. The van der Waals surface area contributed by atoms with Crippen LogP contribution in [0.25, 0.3) is 22.5 Å². The Morgan fingerprint density at radius 2 is 1.77 bits per heavy atom. The van der Waals surface area contributed by atoms with E-state index in [1.165, 1.54) is 12.1 Å². The van der Waals surface area contributed by atoms with Crippen LogP contribution in [0.1, 0.15) is 0 Å². The highest BCUT2D eigenvalue weighted by Gasteiger charge is 2.22. The normalized spacial score (nSPS) is 10.9. The predicted molar refractivity (Wildman–Crippen MR) is 114 cm³/mol. The number of nitrogens with zero attached hydrogens (tertiary/aromatic N) is 4. The minimum absolute atomic E-state index is 0.158. The number of ether oxygens (including phenoxy) is 2. The predicted octanol–water partition coefficient (Wildman–Crippen LogP) is 3.89. The highest BCUT2D eigenvalue weighted by Crippen LogP contribution is 2.30. The lowest BCUT2D eigenvalue weighted by atomic mass is 10.0. The van der Waals surface area contributed by atoms with Gasteiger partial charge in [-0.05, 0) is 35.9 Å². The van der Waals surface area contributed by atoms with Crippen LogP contribution in [0.15, 0.2) is 71.7 Å². The molecular weight excluding hydrogens is 399 g/mol. The van der Waals surface area contributed by atoms with Crippen LogP contribution in [0.3, 0.4) is 0 Å². The standard InChI is InChI=1S/C23H21FN4O3/c1-27-21(19-12-13-25-23(26-19)31-18-6-4-3-5-7-18)20(16-8-10-17(24)11-9-16)22(29)28(27)14-15-30-2/h3-13H,14-15H2,1-2H3. The van der Waals surface area contributed by atoms with E-state index in [9.17, 15) is 9.18 Å². The summed E-state index contributed by atoms with van der Waals surface area (Å²) in [6.07, 6.45) is 1.58. The van der Waals surface area contributed by atoms with Crippen molar-refractivity contribution in [3.63, 3.8) is 0 Å². The fraction of sp³-hybridized carbons (Fsp3) is 0.174. The van der Waals surface area contributed by atoms with Crippen LogP contribution in [0.5, 0.6) is 11.8 Å². The molecule has 4 rings (SSSR count). The molecule has 0 aliphatic carbocycles. The average molecular weight is 420 g/mol. The average Bonchev–Trinajstić information content (AvgIpc) is 3.03. The monoisotopic (exact) mass is 420 g/mol. The number of para-hydroxylation sites is 1. The molecule has 0 spiro atoms. The molecule has 0 saturated heterocycles. The van der Waals surface area contributed by atoms with Gasteiger partial charge in [0.15, 0.2) is 0 Å². The SMILES string of the molecule is COCCn1c(=O)c(-c2ccc(F)cc2)c(-c2ccnc(Oc3ccccc3)n2)n1C. The molecule has 158 valence electrons. The Morgan fingerprint density at radius 3 is 2.48 bits per heavy atom. The van der Waals surface area contributed by atoms with Crippen LogP contribution in [-0.4, -0.2) is 33.0 Å². The molecule has 2 aromatic carbocycles. The Morgan fingerprint density at radius 1 is 1.03 bits per heavy atom. The molecule has 31 heavy (non-hydrogen) atoms. The van der Waals surface area contributed by atoms with E-state index in [2.05, 4.69) is 9.97 Å². The van der Waals surface area contributed by atoms with Crippen LogP contribution >= 0.6 is 0 Å². The van der Waals surface area contributed by atoms with Crippen LogP contribution < -0.4 is 10.3 Å². The first-order chi connectivity index (χ1) is 15.1. The van der Waals surface area contributed by atoms with Gasteiger partial charge in [-0.1, -0.05) is 30.3 Å². The second kappa shape index (κ2) is 8.93. The number of hydrogen-bond acceptors (Lipinski definition) is 5. The Balaban J connectivity index is 1.84. The molecule has 0 N–H and O–H groups in total. The highest BCUT2D eigenvalue weighted by atomic mass is 19.1. The third-order valence-corrected chi connectivity index (χ3v) is 4.84. The molecule has 0 aliphatic rings. The van der Waals surface area contributed by atoms with Crippen molar-refractivity contribution in [2.75, 3.05) is 13.7 Å². The zero-order chi connectivity index (χ0) is 21.8. The molecule has 2 aromatic heterocycles. The smallest absolute Gasteiger partial charge is 0.322 e. The molecule has 4 aromatic rings. The van der Waals surface area contributed by atoms with Crippen LogP contribution in [0.4, 0.5) is 4.39 Å². The van der Waals surface area contributed by atoms with Crippen molar-refractivity contribution in [3.05, 3.63) is 83.0 Å². The van der Waals surface area contributed by atoms with Gasteiger partial charge in [-0.3, -0.25) is 9.48 Å². The van der Waals surface area contributed by atoms with E-state index in [4.69, 9.17) is 9.47 Å². The van der Waals surface area contributed by atoms with E-state index in [0.717, 1.165) is 0 Å². The van der Waals surface area contributed by atoms with Crippen LogP contribution in [0, 0.1) is 5.82 Å². The van der Waals surface area contributed by atoms with E-state index < -0.39 is 0 Å². The third-order valence-electron chi connectivity index (χ3n) is 4.84. The van der Waals surface area contributed by atoms with E-state index in [1.54, 1.807) is 60.0 Å². The lowest BCUT2D eigenvalue weighted by molar-refractivity contribution is 0.178. The molecule has 0 radical (unpaired) electrons. The Kier molecular flexibility index (Phi) is 5.90. The van der Waals surface area contributed by atoms with Gasteiger partial charge in [0.05, 0.1) is 30.1 Å². The fourth-order valence-corrected chi connectivity index (χ4v) is 3.36. The second-order valence-corrected chi connectivity index (χ2v) is 6.81. The maximum Gasteiger partial charge on any atom is 0.322 e. The molecule has 0 bridgehead atoms. The number of hydrogen-bond donors (Lipinski definition) is 0. The molecule has 0 unspecified atom stereocenters. The first kappa shape index (κ1) is 20.5. The number of halogens is 1. The lowest BCUT2D eigenvalue weighted by Crippen LogP contribution is -2.24. The molecule has 0 atom stereocenters. The van der Waals surface area contributed by atoms with Crippen molar-refractivity contribution >= 4 is 0 Å². The molecule has 7 nitrogen and oxygen atoms in total. The maximum absolute atomic E-state index is 13.5. The van der Waals surface area contributed by atoms with Crippen molar-refractivity contribution in [1.29, 1.82) is 0 Å². The summed E-state index contributed by atoms with van der Waals surface area (Å²) in [5, 5.41) is 0. The second-order valence-electron chi connectivity index (χ2n) is 6.81. The summed E-state index contributed by atoms with van der Waals surface area (Å²) in [5.41, 5.74) is 1.88. The fourth-order valence-electron chi connectivity index (χ4n) is 3.36. The summed E-state index contributed by atoms with van der Waals surface area (Å²) in [4.78, 5) is 22.0. The summed E-state index contributed by atoms with van der Waals surface area (Å²) < 4.78 is 27.7. The van der Waals surface area contributed by atoms with Gasteiger partial charge >= 0.3 is 6.01 Å². The Hall–Kier alpha value is -3.78. The van der Waals surface area contributed by atoms with E-state index in [-0.39, 0.29) is 17.4 Å². The molecule has 0 saturated carbocycles. The van der Waals surface area contributed by atoms with Gasteiger partial charge < -0.3 is 9.47 Å². The summed E-state index contributed by atoms with van der Waals surface area (Å²) >= 11 is 0. The first-order valence-electron chi connectivity index (χ1n) is 9.69. The highest BCUT2D eigenvalue weighted by molar-refractivity contribution is 5.79. The zero-order valence-corrected chi connectivity index (χ0v) is 17.2. The number of benzene rings is 2. The summed E-state index contributed by atoms with van der Waals surface area (Å²) in [6, 6.07) is 16.9. The lowest BCUT2D eigenvalue weighted by Gasteiger charge is -2.11. The molecule has 0 fully saturated rings. The van der Waals surface area contributed by atoms with Crippen molar-refractivity contribution in [3.8, 4) is 34.3 Å². The Labute approximate surface area is 178 Å². The molecular formula is C23H21FN4O3. The van der Waals surface area contributed by atoms with E-state index in [0.29, 0.717) is 41.4 Å². The summed E-state index contributed by atoms with van der Waals surface area (Å²) in [5.74, 6) is 0.228. The van der Waals surface area contributed by atoms with Gasteiger partial charge in [0.2, 0.25) is 0 Å². The topological polar surface area (TPSA) is 71.2 Å². The quantitative estimate of drug-likeness (QED) is 0.454. The van der Waals surface area contributed by atoms with Gasteiger partial charge in [-0.2, -0.15) is 4.98 Å². The molecule has 0 aliphatic heterocycles. The summed E-state index contributed by atoms with van der Waals surface area (Å²) in [7, 11) is 3.35. The van der Waals surface area contributed by atoms with Crippen molar-refractivity contribution in [2.24, 2.45) is 7.05 Å². The Bertz CT molecular complexity index is 1230. The minimum Gasteiger partial charge on any atom is -0.424 e. The van der Waals surface area contributed by atoms with Crippen molar-refractivity contribution in [2.45, 2.75) is 6.54 Å². The van der Waals surface area contributed by atoms with E-state index in [1.807, 2.05) is 18.2 Å². The molecule has 0 amide bonds. The number of rotatable bonds is 7. The van der Waals surface area contributed by atoms with Crippen LogP contribution in [0.2, 0.25) is 0 Å². The van der Waals surface area contributed by atoms with E-state index >= 15 is 0 Å². The number of methoxy groups -OCH3 is 1. The van der Waals surface area contributed by atoms with Crippen LogP contribution in [-0.2, 0) is 18.3 Å². The largest absolute Gasteiger partial charge is 0.424 e. The van der Waals surface area contributed by atoms with Crippen molar-refractivity contribution < 1.29 is 13.9 Å². The van der Waals surface area contributed by atoms with Crippen molar-refractivity contribution in [1.82, 2.24) is 19.3 Å². The van der Waals surface area contributed by atoms with Gasteiger partial charge in [-0.25, -0.2) is 14.1 Å². The minimum atomic E-state index is -0.374. The summed E-state index contributed by atoms with van der Waals surface area (Å²) in [6.45, 7) is 0.727. The maximum atomic E-state index is 13.5. The first-order valence-corrected chi connectivity index (χ1v) is 9.69. The van der Waals surface area contributed by atoms with Gasteiger partial charge in [0.25, 0.3) is 5.56 Å². The number of aromatic nitrogens is 4. The van der Waals surface area contributed by atoms with Gasteiger partial charge in [-0.15, -0.1) is 0 Å². The van der Waals surface area contributed by atoms with Gasteiger partial charge in [0, 0.05) is 20.4 Å². The third kappa shape index (κ3) is 4.24. The van der Waals surface area contributed by atoms with Gasteiger partial charge in [0.1, 0.15) is 11.6 Å². The molecule has 8 heteroatoms.